The van der Waals surface area contributed by atoms with Gasteiger partial charge in [-0.1, -0.05) is 0 Å². The largest absolute Gasteiger partial charge is 0.298 e. The lowest BCUT2D eigenvalue weighted by Crippen LogP contribution is -2.08. The molecule has 0 saturated carbocycles. The molecule has 0 saturated heterocycles. The highest BCUT2D eigenvalue weighted by Crippen LogP contribution is 2.25. The molecule has 0 N–H and O–H groups in total. The smallest absolute Gasteiger partial charge is 0.290 e. The van der Waals surface area contributed by atoms with Gasteiger partial charge in [-0.15, -0.1) is 11.6 Å². The molecule has 0 amide bonds. The van der Waals surface area contributed by atoms with Gasteiger partial charge in [-0.25, -0.2) is 0 Å². The summed E-state index contributed by atoms with van der Waals surface area (Å²) < 4.78 is 0. The summed E-state index contributed by atoms with van der Waals surface area (Å²) in [5.41, 5.74) is -1.27. The van der Waals surface area contributed by atoms with Crippen molar-refractivity contribution in [2.24, 2.45) is 0 Å². The quantitative estimate of drug-likeness (QED) is 0.267. The number of ketones is 1. The van der Waals surface area contributed by atoms with Crippen molar-refractivity contribution in [2.45, 2.75) is 0 Å². The molecular weight excluding hydrogens is 248 g/mol. The average molecular weight is 253 g/mol. The van der Waals surface area contributed by atoms with Crippen LogP contribution in [0.1, 0.15) is 26.3 Å². The second-order valence-corrected chi connectivity index (χ2v) is 3.27. The SMILES string of the molecule is N#Cc1cc(C=O)c([N+](=O)[O-])c(C(=O)CCl)c1. The molecule has 0 unspecified atom stereocenters. The Morgan fingerprint density at radius 3 is 2.65 bits per heavy atom. The van der Waals surface area contributed by atoms with Crippen LogP contribution in [0.25, 0.3) is 0 Å². The topological polar surface area (TPSA) is 101 Å². The molecule has 1 aromatic rings. The van der Waals surface area contributed by atoms with Crippen molar-refractivity contribution >= 4 is 29.4 Å². The molecule has 0 aliphatic carbocycles. The van der Waals surface area contributed by atoms with E-state index in [1.165, 1.54) is 0 Å². The number of nitrogens with zero attached hydrogens (tertiary/aromatic N) is 2. The first-order valence-electron chi connectivity index (χ1n) is 4.32. The number of nitro benzene ring substituents is 1. The van der Waals surface area contributed by atoms with Crippen molar-refractivity contribution in [1.82, 2.24) is 0 Å². The summed E-state index contributed by atoms with van der Waals surface area (Å²) >= 11 is 5.31. The monoisotopic (exact) mass is 252 g/mol. The number of hydrogen-bond donors (Lipinski definition) is 0. The van der Waals surface area contributed by atoms with Crippen LogP contribution in [0.2, 0.25) is 0 Å². The second kappa shape index (κ2) is 5.18. The Balaban J connectivity index is 3.64. The molecule has 0 aromatic heterocycles. The number of Topliss-reactive ketones (excluding diaryl/α,β-unsaturated/α-hetero) is 1. The zero-order valence-electron chi connectivity index (χ0n) is 8.34. The third-order valence-corrected chi connectivity index (χ3v) is 2.24. The van der Waals surface area contributed by atoms with E-state index in [9.17, 15) is 19.7 Å². The van der Waals surface area contributed by atoms with Gasteiger partial charge in [0.15, 0.2) is 12.1 Å². The van der Waals surface area contributed by atoms with Gasteiger partial charge < -0.3 is 0 Å². The van der Waals surface area contributed by atoms with E-state index in [-0.39, 0.29) is 23.0 Å². The molecule has 0 spiro atoms. The van der Waals surface area contributed by atoms with E-state index in [1.807, 2.05) is 0 Å². The van der Waals surface area contributed by atoms with Crippen molar-refractivity contribution in [3.05, 3.63) is 38.9 Å². The number of aldehydes is 1. The minimum Gasteiger partial charge on any atom is -0.298 e. The fraction of sp³-hybridized carbons (Fsp3) is 0.100. The van der Waals surface area contributed by atoms with E-state index < -0.39 is 22.3 Å². The van der Waals surface area contributed by atoms with Crippen LogP contribution in [0.15, 0.2) is 12.1 Å². The molecule has 0 bridgehead atoms. The standard InChI is InChI=1S/C10H5ClN2O4/c11-3-9(15)8-2-6(4-12)1-7(5-14)10(8)13(16)17/h1-2,5H,3H2. The van der Waals surface area contributed by atoms with Gasteiger partial charge in [-0.3, -0.25) is 19.7 Å². The fourth-order valence-electron chi connectivity index (χ4n) is 1.30. The van der Waals surface area contributed by atoms with Crippen LogP contribution in [0.5, 0.6) is 0 Å². The number of hydrogen-bond acceptors (Lipinski definition) is 5. The number of carbonyl (C=O) groups excluding carboxylic acids is 2. The summed E-state index contributed by atoms with van der Waals surface area (Å²) in [5, 5.41) is 19.5. The first-order valence-corrected chi connectivity index (χ1v) is 4.85. The van der Waals surface area contributed by atoms with Gasteiger partial charge in [0.25, 0.3) is 5.69 Å². The molecule has 0 aliphatic rings. The number of nitro groups is 1. The Bertz CT molecular complexity index is 548. The Kier molecular flexibility index (Phi) is 3.91. The van der Waals surface area contributed by atoms with Crippen LogP contribution in [-0.2, 0) is 0 Å². The molecule has 0 radical (unpaired) electrons. The Morgan fingerprint density at radius 1 is 1.59 bits per heavy atom. The summed E-state index contributed by atoms with van der Waals surface area (Å²) in [6.45, 7) is 0. The van der Waals surface area contributed by atoms with E-state index in [2.05, 4.69) is 0 Å². The minimum absolute atomic E-state index is 0.00818. The van der Waals surface area contributed by atoms with E-state index in [4.69, 9.17) is 16.9 Å². The number of nitriles is 1. The van der Waals surface area contributed by atoms with Gasteiger partial charge in [0, 0.05) is 0 Å². The lowest BCUT2D eigenvalue weighted by molar-refractivity contribution is -0.385. The average Bonchev–Trinajstić information content (AvgIpc) is 2.35. The van der Waals surface area contributed by atoms with E-state index in [0.29, 0.717) is 0 Å². The van der Waals surface area contributed by atoms with Crippen LogP contribution >= 0.6 is 11.6 Å². The highest BCUT2D eigenvalue weighted by molar-refractivity contribution is 6.31. The Labute approximate surface area is 101 Å². The van der Waals surface area contributed by atoms with Crippen molar-refractivity contribution in [3.63, 3.8) is 0 Å². The normalized spacial score (nSPS) is 9.41. The van der Waals surface area contributed by atoms with Crippen molar-refractivity contribution in [1.29, 1.82) is 5.26 Å². The lowest BCUT2D eigenvalue weighted by atomic mass is 10.0. The third kappa shape index (κ3) is 2.46. The van der Waals surface area contributed by atoms with Gasteiger partial charge in [0.2, 0.25) is 0 Å². The molecule has 6 nitrogen and oxygen atoms in total. The summed E-state index contributed by atoms with van der Waals surface area (Å²) in [6.07, 6.45) is 0.226. The highest BCUT2D eigenvalue weighted by atomic mass is 35.5. The maximum Gasteiger partial charge on any atom is 0.290 e. The van der Waals surface area contributed by atoms with Crippen LogP contribution in [0, 0.1) is 21.4 Å². The van der Waals surface area contributed by atoms with Gasteiger partial charge >= 0.3 is 0 Å². The number of alkyl halides is 1. The maximum absolute atomic E-state index is 11.4. The molecule has 86 valence electrons. The first kappa shape index (κ1) is 12.8. The van der Waals surface area contributed by atoms with E-state index >= 15 is 0 Å². The van der Waals surface area contributed by atoms with E-state index in [1.54, 1.807) is 6.07 Å². The van der Waals surface area contributed by atoms with Crippen LogP contribution in [0.4, 0.5) is 5.69 Å². The predicted octanol–water partition coefficient (Wildman–Crippen LogP) is 1.70. The molecule has 1 rings (SSSR count). The first-order chi connectivity index (χ1) is 8.04. The van der Waals surface area contributed by atoms with Crippen molar-refractivity contribution < 1.29 is 14.5 Å². The van der Waals surface area contributed by atoms with Gasteiger partial charge in [-0.2, -0.15) is 5.26 Å². The van der Waals surface area contributed by atoms with Crippen molar-refractivity contribution in [3.8, 4) is 6.07 Å². The molecule has 1 aromatic carbocycles. The summed E-state index contributed by atoms with van der Waals surface area (Å²) in [4.78, 5) is 32.1. The molecule has 17 heavy (non-hydrogen) atoms. The molecular formula is C10H5ClN2O4. The van der Waals surface area contributed by atoms with Gasteiger partial charge in [-0.05, 0) is 12.1 Å². The lowest BCUT2D eigenvalue weighted by Gasteiger charge is -2.03. The summed E-state index contributed by atoms with van der Waals surface area (Å²) in [5.74, 6) is -1.17. The number of halogens is 1. The van der Waals surface area contributed by atoms with Gasteiger partial charge in [0.1, 0.15) is 0 Å². The molecule has 0 aliphatic heterocycles. The zero-order chi connectivity index (χ0) is 13.0. The molecule has 0 fully saturated rings. The Hall–Kier alpha value is -2.26. The number of benzene rings is 1. The number of carbonyl (C=O) groups is 2. The van der Waals surface area contributed by atoms with Gasteiger partial charge in [0.05, 0.1) is 33.6 Å². The predicted molar refractivity (Wildman–Crippen MR) is 58.2 cm³/mol. The highest BCUT2D eigenvalue weighted by Gasteiger charge is 2.25. The molecule has 0 atom stereocenters. The molecule has 7 heteroatoms. The van der Waals surface area contributed by atoms with Crippen LogP contribution in [-0.4, -0.2) is 22.9 Å². The summed E-state index contributed by atoms with van der Waals surface area (Å²) in [7, 11) is 0. The van der Waals surface area contributed by atoms with Crippen LogP contribution in [0.3, 0.4) is 0 Å². The maximum atomic E-state index is 11.4. The van der Waals surface area contributed by atoms with Crippen molar-refractivity contribution in [2.75, 3.05) is 5.88 Å². The third-order valence-electron chi connectivity index (χ3n) is 2.00. The number of rotatable bonds is 4. The summed E-state index contributed by atoms with van der Waals surface area (Å²) in [6, 6.07) is 3.81. The Morgan fingerprint density at radius 2 is 2.24 bits per heavy atom. The zero-order valence-corrected chi connectivity index (χ0v) is 9.10. The molecule has 0 heterocycles. The van der Waals surface area contributed by atoms with Crippen LogP contribution < -0.4 is 0 Å². The minimum atomic E-state index is -0.843. The van der Waals surface area contributed by atoms with E-state index in [0.717, 1.165) is 12.1 Å². The fourth-order valence-corrected chi connectivity index (χ4v) is 1.44. The second-order valence-electron chi connectivity index (χ2n) is 3.01.